The van der Waals surface area contributed by atoms with E-state index in [0.29, 0.717) is 18.7 Å². The van der Waals surface area contributed by atoms with Crippen molar-refractivity contribution < 1.29 is 13.9 Å². The van der Waals surface area contributed by atoms with Gasteiger partial charge >= 0.3 is 0 Å². The lowest BCUT2D eigenvalue weighted by Crippen LogP contribution is -2.47. The largest absolute Gasteiger partial charge is 0.391 e. The fourth-order valence-electron chi connectivity index (χ4n) is 5.74. The van der Waals surface area contributed by atoms with E-state index in [-0.39, 0.29) is 22.6 Å². The Morgan fingerprint density at radius 1 is 1.05 bits per heavy atom. The monoisotopic (exact) mass is 532 g/mol. The van der Waals surface area contributed by atoms with Gasteiger partial charge in [-0.2, -0.15) is 10.2 Å². The summed E-state index contributed by atoms with van der Waals surface area (Å²) in [7, 11) is 0. The maximum atomic E-state index is 14.6. The third kappa shape index (κ3) is 4.62. The molecule has 1 aliphatic rings. The molecule has 9 heteroatoms. The van der Waals surface area contributed by atoms with Crippen LogP contribution in [0.25, 0.3) is 22.5 Å². The van der Waals surface area contributed by atoms with Crippen LogP contribution in [0.2, 0.25) is 0 Å². The van der Waals surface area contributed by atoms with Crippen LogP contribution in [0.15, 0.2) is 49.1 Å². The average Bonchev–Trinajstić information content (AvgIpc) is 3.39. The normalized spacial score (nSPS) is 21.0. The minimum absolute atomic E-state index is 0.145. The predicted molar refractivity (Wildman–Crippen MR) is 145 cm³/mol. The molecule has 3 aromatic heterocycles. The first-order chi connectivity index (χ1) is 18.6. The summed E-state index contributed by atoms with van der Waals surface area (Å²) in [5.41, 5.74) is 2.95. The van der Waals surface area contributed by atoms with Gasteiger partial charge in [0.05, 0.1) is 58.8 Å². The number of benzene rings is 1. The molecule has 1 aromatic carbocycles. The number of halogens is 2. The van der Waals surface area contributed by atoms with E-state index in [9.17, 15) is 13.9 Å². The first-order valence-electron chi connectivity index (χ1n) is 13.4. The maximum Gasteiger partial charge on any atom is 0.135 e. The van der Waals surface area contributed by atoms with E-state index >= 15 is 0 Å². The number of fused-ring (bicyclic) bond motifs is 1. The molecular weight excluding hydrogens is 498 g/mol. The van der Waals surface area contributed by atoms with E-state index in [1.54, 1.807) is 29.3 Å². The third-order valence-electron chi connectivity index (χ3n) is 8.50. The fourth-order valence-corrected chi connectivity index (χ4v) is 5.74. The summed E-state index contributed by atoms with van der Waals surface area (Å²) in [6, 6.07) is 5.61. The Labute approximate surface area is 227 Å². The molecule has 0 saturated heterocycles. The second-order valence-corrected chi connectivity index (χ2v) is 11.3. The van der Waals surface area contributed by atoms with Crippen LogP contribution in [0, 0.1) is 17.0 Å². The molecule has 0 unspecified atom stereocenters. The molecule has 0 amide bonds. The highest BCUT2D eigenvalue weighted by molar-refractivity contribution is 5.63. The van der Waals surface area contributed by atoms with Crippen LogP contribution in [0.3, 0.4) is 0 Å². The van der Waals surface area contributed by atoms with Gasteiger partial charge in [-0.1, -0.05) is 33.8 Å². The smallest absolute Gasteiger partial charge is 0.135 e. The number of aliphatic hydroxyl groups excluding tert-OH is 1. The highest BCUT2D eigenvalue weighted by atomic mass is 19.1. The summed E-state index contributed by atoms with van der Waals surface area (Å²) in [5.74, 6) is -1.19. The highest BCUT2D eigenvalue weighted by Gasteiger charge is 2.52. The summed E-state index contributed by atoms with van der Waals surface area (Å²) in [4.78, 5) is 9.58. The van der Waals surface area contributed by atoms with Crippen LogP contribution in [0.1, 0.15) is 76.8 Å². The summed E-state index contributed by atoms with van der Waals surface area (Å²) in [5, 5.41) is 23.4. The first kappa shape index (κ1) is 27.0. The van der Waals surface area contributed by atoms with E-state index in [2.05, 4.69) is 48.0 Å². The Bertz CT molecular complexity index is 1480. The topological polar surface area (TPSA) is 89.6 Å². The summed E-state index contributed by atoms with van der Waals surface area (Å²) >= 11 is 0. The standard InChI is InChI=1S/C30H34F2N6O/c1-6-18-12-29(3,4)30(5,28-21(18)11-24(36-37-28)27-22(31)9-8-10-23(27)32)26-15-33-14-25(35-26)19-13-34-38(16-19)17-20(39)7-2/h8-11,13-16,18,20,39H,6-7,12,17H2,1-5H3/t18-,20-,30+/m1/s1. The maximum absolute atomic E-state index is 14.6. The van der Waals surface area contributed by atoms with Gasteiger partial charge in [0.2, 0.25) is 0 Å². The van der Waals surface area contributed by atoms with Crippen molar-refractivity contribution in [3.63, 3.8) is 0 Å². The molecule has 39 heavy (non-hydrogen) atoms. The second kappa shape index (κ2) is 10.2. The van der Waals surface area contributed by atoms with Crippen molar-refractivity contribution in [2.45, 2.75) is 77.9 Å². The lowest BCUT2D eigenvalue weighted by Gasteiger charge is -2.50. The number of nitrogens with zero attached hydrogens (tertiary/aromatic N) is 6. The van der Waals surface area contributed by atoms with Gasteiger partial charge in [0.15, 0.2) is 0 Å². The molecule has 0 radical (unpaired) electrons. The van der Waals surface area contributed by atoms with Gasteiger partial charge in [-0.05, 0) is 61.3 Å². The minimum atomic E-state index is -0.676. The summed E-state index contributed by atoms with van der Waals surface area (Å²) in [6.45, 7) is 10.9. The highest BCUT2D eigenvalue weighted by Crippen LogP contribution is 2.56. The van der Waals surface area contributed by atoms with E-state index in [1.165, 1.54) is 18.2 Å². The van der Waals surface area contributed by atoms with E-state index in [4.69, 9.17) is 4.98 Å². The Kier molecular flexibility index (Phi) is 7.05. The number of hydrogen-bond donors (Lipinski definition) is 1. The Morgan fingerprint density at radius 2 is 1.79 bits per heavy atom. The van der Waals surface area contributed by atoms with Crippen LogP contribution in [0.4, 0.5) is 8.78 Å². The number of rotatable bonds is 7. The van der Waals surface area contributed by atoms with E-state index in [0.717, 1.165) is 35.4 Å². The van der Waals surface area contributed by atoms with Crippen LogP contribution in [-0.2, 0) is 12.0 Å². The van der Waals surface area contributed by atoms with E-state index < -0.39 is 23.2 Å². The Balaban J connectivity index is 1.62. The van der Waals surface area contributed by atoms with E-state index in [1.807, 2.05) is 13.1 Å². The zero-order valence-corrected chi connectivity index (χ0v) is 23.0. The molecule has 3 atom stereocenters. The Morgan fingerprint density at radius 3 is 2.49 bits per heavy atom. The molecule has 0 spiro atoms. The number of hydrogen-bond acceptors (Lipinski definition) is 6. The van der Waals surface area contributed by atoms with Crippen molar-refractivity contribution >= 4 is 0 Å². The van der Waals surface area contributed by atoms with Crippen molar-refractivity contribution in [1.29, 1.82) is 0 Å². The van der Waals surface area contributed by atoms with Crippen molar-refractivity contribution in [2.75, 3.05) is 0 Å². The molecule has 1 N–H and O–H groups in total. The SMILES string of the molecule is CC[C@@H](O)Cn1cc(-c2cncc([C@@]3(C)c4nnc(-c5c(F)cccc5F)cc4[C@H](CC)CC3(C)C)n2)cn1. The molecule has 0 fully saturated rings. The van der Waals surface area contributed by atoms with Gasteiger partial charge in [-0.3, -0.25) is 9.67 Å². The molecule has 7 nitrogen and oxygen atoms in total. The molecule has 4 aromatic rings. The molecule has 0 bridgehead atoms. The van der Waals surface area contributed by atoms with Crippen LogP contribution in [0.5, 0.6) is 0 Å². The van der Waals surface area contributed by atoms with Gasteiger partial charge in [0, 0.05) is 18.0 Å². The lowest BCUT2D eigenvalue weighted by molar-refractivity contribution is 0.145. The zero-order chi connectivity index (χ0) is 27.9. The minimum Gasteiger partial charge on any atom is -0.391 e. The Hall–Kier alpha value is -3.59. The molecule has 0 aliphatic heterocycles. The fraction of sp³-hybridized carbons (Fsp3) is 0.433. The van der Waals surface area contributed by atoms with Crippen LogP contribution >= 0.6 is 0 Å². The van der Waals surface area contributed by atoms with Gasteiger partial charge in [0.1, 0.15) is 11.6 Å². The lowest BCUT2D eigenvalue weighted by atomic mass is 9.54. The summed E-state index contributed by atoms with van der Waals surface area (Å²) < 4.78 is 31.0. The van der Waals surface area contributed by atoms with Crippen LogP contribution in [-0.4, -0.2) is 41.2 Å². The molecule has 5 rings (SSSR count). The third-order valence-corrected chi connectivity index (χ3v) is 8.50. The van der Waals surface area contributed by atoms with Gasteiger partial charge in [-0.25, -0.2) is 13.8 Å². The molecule has 1 aliphatic carbocycles. The summed E-state index contributed by atoms with van der Waals surface area (Å²) in [6.07, 6.45) is 8.90. The van der Waals surface area contributed by atoms with Gasteiger partial charge < -0.3 is 5.11 Å². The predicted octanol–water partition coefficient (Wildman–Crippen LogP) is 6.08. The number of aromatic nitrogens is 6. The van der Waals surface area contributed by atoms with Crippen molar-refractivity contribution in [3.05, 3.63) is 77.6 Å². The molecular formula is C30H34F2N6O. The molecule has 3 heterocycles. The first-order valence-corrected chi connectivity index (χ1v) is 13.4. The van der Waals surface area contributed by atoms with Gasteiger partial charge in [0.25, 0.3) is 0 Å². The van der Waals surface area contributed by atoms with Crippen molar-refractivity contribution in [2.24, 2.45) is 5.41 Å². The molecule has 0 saturated carbocycles. The second-order valence-electron chi connectivity index (χ2n) is 11.3. The van der Waals surface area contributed by atoms with Gasteiger partial charge in [-0.15, -0.1) is 5.10 Å². The molecule has 204 valence electrons. The number of aliphatic hydroxyl groups is 1. The average molecular weight is 533 g/mol. The van der Waals surface area contributed by atoms with Crippen molar-refractivity contribution in [1.82, 2.24) is 29.9 Å². The zero-order valence-electron chi connectivity index (χ0n) is 23.0. The van der Waals surface area contributed by atoms with Crippen molar-refractivity contribution in [3.8, 4) is 22.5 Å². The van der Waals surface area contributed by atoms with Crippen LogP contribution < -0.4 is 0 Å². The quantitative estimate of drug-likeness (QED) is 0.311.